The Morgan fingerprint density at radius 2 is 1.59 bits per heavy atom. The number of ether oxygens (including phenoxy) is 3. The van der Waals surface area contributed by atoms with Crippen molar-refractivity contribution in [2.24, 2.45) is 0 Å². The standard InChI is InChI=1S/C25H20N2O7/c1-2-23(34-25(29)33-17-13-11-16(12-14-17)27(30)31)26-24(28)32-15-22-20-9-5-3-7-18(20)19-8-4-6-10-21(19)22/h2-14,22-23H,1,15H2,(H,26,28). The van der Waals surface area contributed by atoms with Gasteiger partial charge in [0.15, 0.2) is 0 Å². The van der Waals surface area contributed by atoms with E-state index in [0.29, 0.717) is 0 Å². The van der Waals surface area contributed by atoms with Crippen molar-refractivity contribution in [3.8, 4) is 16.9 Å². The smallest absolute Gasteiger partial charge is 0.448 e. The Morgan fingerprint density at radius 1 is 1.00 bits per heavy atom. The molecule has 0 spiro atoms. The summed E-state index contributed by atoms with van der Waals surface area (Å²) in [5.41, 5.74) is 4.20. The summed E-state index contributed by atoms with van der Waals surface area (Å²) in [6.45, 7) is 3.62. The van der Waals surface area contributed by atoms with Crippen LogP contribution in [0.5, 0.6) is 5.75 Å². The molecule has 9 heteroatoms. The third kappa shape index (κ3) is 4.88. The zero-order valence-electron chi connectivity index (χ0n) is 17.9. The number of fused-ring (bicyclic) bond motifs is 3. The lowest BCUT2D eigenvalue weighted by atomic mass is 9.98. The molecule has 0 saturated heterocycles. The van der Waals surface area contributed by atoms with E-state index in [1.165, 1.54) is 30.3 Å². The highest BCUT2D eigenvalue weighted by Gasteiger charge is 2.29. The van der Waals surface area contributed by atoms with Crippen molar-refractivity contribution in [1.82, 2.24) is 5.32 Å². The minimum Gasteiger partial charge on any atom is -0.448 e. The summed E-state index contributed by atoms with van der Waals surface area (Å²) >= 11 is 0. The second-order valence-corrected chi connectivity index (χ2v) is 7.35. The molecule has 0 fully saturated rings. The number of amides is 1. The molecule has 0 heterocycles. The van der Waals surface area contributed by atoms with Gasteiger partial charge in [0, 0.05) is 18.1 Å². The second kappa shape index (κ2) is 9.86. The number of benzene rings is 3. The lowest BCUT2D eigenvalue weighted by Gasteiger charge is -2.17. The fraction of sp³-hybridized carbons (Fsp3) is 0.120. The molecule has 0 saturated carbocycles. The van der Waals surface area contributed by atoms with Gasteiger partial charge in [-0.2, -0.15) is 0 Å². The highest BCUT2D eigenvalue weighted by Crippen LogP contribution is 2.44. The highest BCUT2D eigenvalue weighted by atomic mass is 16.7. The fourth-order valence-electron chi connectivity index (χ4n) is 3.75. The van der Waals surface area contributed by atoms with Crippen molar-refractivity contribution in [3.63, 3.8) is 0 Å². The Balaban J connectivity index is 1.32. The average molecular weight is 460 g/mol. The van der Waals surface area contributed by atoms with Gasteiger partial charge >= 0.3 is 12.2 Å². The van der Waals surface area contributed by atoms with Crippen LogP contribution < -0.4 is 10.1 Å². The van der Waals surface area contributed by atoms with E-state index in [1.54, 1.807) is 0 Å². The summed E-state index contributed by atoms with van der Waals surface area (Å²) in [4.78, 5) is 34.5. The average Bonchev–Trinajstić information content (AvgIpc) is 3.16. The zero-order valence-corrected chi connectivity index (χ0v) is 17.9. The number of nitro benzene ring substituents is 1. The van der Waals surface area contributed by atoms with Gasteiger partial charge in [-0.1, -0.05) is 55.1 Å². The zero-order chi connectivity index (χ0) is 24.1. The lowest BCUT2D eigenvalue weighted by Crippen LogP contribution is -2.38. The highest BCUT2D eigenvalue weighted by molar-refractivity contribution is 5.79. The molecule has 3 aromatic carbocycles. The van der Waals surface area contributed by atoms with Crippen LogP contribution >= 0.6 is 0 Å². The molecule has 34 heavy (non-hydrogen) atoms. The molecular formula is C25H20N2O7. The molecule has 1 aliphatic rings. The summed E-state index contributed by atoms with van der Waals surface area (Å²) in [6, 6.07) is 20.8. The molecule has 0 radical (unpaired) electrons. The molecule has 4 rings (SSSR count). The molecule has 1 amide bonds. The number of carbonyl (C=O) groups is 2. The number of nitro groups is 1. The first-order valence-electron chi connectivity index (χ1n) is 10.3. The number of alkyl carbamates (subject to hydrolysis) is 1. The van der Waals surface area contributed by atoms with E-state index in [9.17, 15) is 19.7 Å². The van der Waals surface area contributed by atoms with Crippen LogP contribution in [-0.2, 0) is 9.47 Å². The Kier molecular flexibility index (Phi) is 6.54. The number of non-ortho nitro benzene ring substituents is 1. The van der Waals surface area contributed by atoms with Crippen LogP contribution in [0.2, 0.25) is 0 Å². The molecule has 1 unspecified atom stereocenters. The van der Waals surface area contributed by atoms with E-state index in [1.807, 2.05) is 48.5 Å². The van der Waals surface area contributed by atoms with Gasteiger partial charge in [-0.25, -0.2) is 9.59 Å². The van der Waals surface area contributed by atoms with Gasteiger partial charge in [0.25, 0.3) is 5.69 Å². The molecular weight excluding hydrogens is 440 g/mol. The number of carbonyl (C=O) groups excluding carboxylic acids is 2. The third-order valence-corrected chi connectivity index (χ3v) is 5.29. The second-order valence-electron chi connectivity index (χ2n) is 7.35. The maximum Gasteiger partial charge on any atom is 0.516 e. The van der Waals surface area contributed by atoms with E-state index < -0.39 is 23.4 Å². The van der Waals surface area contributed by atoms with Crippen molar-refractivity contribution < 1.29 is 28.7 Å². The summed E-state index contributed by atoms with van der Waals surface area (Å²) in [7, 11) is 0. The minimum atomic E-state index is -1.21. The van der Waals surface area contributed by atoms with Crippen LogP contribution in [0.25, 0.3) is 11.1 Å². The fourth-order valence-corrected chi connectivity index (χ4v) is 3.75. The Hall–Kier alpha value is -4.66. The normalized spacial score (nSPS) is 12.6. The summed E-state index contributed by atoms with van der Waals surface area (Å²) < 4.78 is 15.4. The molecule has 9 nitrogen and oxygen atoms in total. The molecule has 3 aromatic rings. The first kappa shape index (κ1) is 22.5. The predicted octanol–water partition coefficient (Wildman–Crippen LogP) is 5.16. The van der Waals surface area contributed by atoms with Gasteiger partial charge in [0.2, 0.25) is 6.23 Å². The van der Waals surface area contributed by atoms with Gasteiger partial charge in [0.1, 0.15) is 12.4 Å². The predicted molar refractivity (Wildman–Crippen MR) is 122 cm³/mol. The van der Waals surface area contributed by atoms with Crippen LogP contribution in [0.3, 0.4) is 0 Å². The van der Waals surface area contributed by atoms with Crippen LogP contribution in [0.1, 0.15) is 17.0 Å². The molecule has 172 valence electrons. The lowest BCUT2D eigenvalue weighted by molar-refractivity contribution is -0.384. The number of hydrogen-bond acceptors (Lipinski definition) is 7. The van der Waals surface area contributed by atoms with Gasteiger partial charge in [0.05, 0.1) is 4.92 Å². The van der Waals surface area contributed by atoms with Gasteiger partial charge < -0.3 is 14.2 Å². The first-order chi connectivity index (χ1) is 16.5. The number of nitrogens with zero attached hydrogens (tertiary/aromatic N) is 1. The molecule has 0 aromatic heterocycles. The molecule has 0 bridgehead atoms. The van der Waals surface area contributed by atoms with Crippen LogP contribution in [-0.4, -0.2) is 30.0 Å². The van der Waals surface area contributed by atoms with Gasteiger partial charge in [-0.3, -0.25) is 15.4 Å². The molecule has 1 N–H and O–H groups in total. The van der Waals surface area contributed by atoms with Crippen molar-refractivity contribution in [2.45, 2.75) is 12.1 Å². The minimum absolute atomic E-state index is 0.0413. The van der Waals surface area contributed by atoms with Gasteiger partial charge in [-0.15, -0.1) is 0 Å². The largest absolute Gasteiger partial charge is 0.516 e. The molecule has 0 aliphatic heterocycles. The topological polar surface area (TPSA) is 117 Å². The Bertz CT molecular complexity index is 1190. The van der Waals surface area contributed by atoms with E-state index in [2.05, 4.69) is 11.9 Å². The first-order valence-corrected chi connectivity index (χ1v) is 10.3. The Labute approximate surface area is 194 Å². The van der Waals surface area contributed by atoms with Crippen molar-refractivity contribution in [2.75, 3.05) is 6.61 Å². The SMILES string of the molecule is C=CC(NC(=O)OCC1c2ccccc2-c2ccccc21)OC(=O)Oc1ccc([N+](=O)[O-])cc1. The quantitative estimate of drug-likeness (QED) is 0.129. The van der Waals surface area contributed by atoms with Crippen LogP contribution in [0, 0.1) is 10.1 Å². The summed E-state index contributed by atoms with van der Waals surface area (Å²) in [5, 5.41) is 13.1. The van der Waals surface area contributed by atoms with E-state index in [-0.39, 0.29) is 24.0 Å². The monoisotopic (exact) mass is 460 g/mol. The third-order valence-electron chi connectivity index (χ3n) is 5.29. The maximum atomic E-state index is 12.4. The van der Waals surface area contributed by atoms with E-state index >= 15 is 0 Å². The number of nitrogens with one attached hydrogen (secondary N) is 1. The Morgan fingerprint density at radius 3 is 2.15 bits per heavy atom. The molecule has 1 aliphatic carbocycles. The van der Waals surface area contributed by atoms with Crippen molar-refractivity contribution in [1.29, 1.82) is 0 Å². The van der Waals surface area contributed by atoms with Crippen molar-refractivity contribution in [3.05, 3.63) is 107 Å². The maximum absolute atomic E-state index is 12.4. The number of hydrogen-bond donors (Lipinski definition) is 1. The van der Waals surface area contributed by atoms with Gasteiger partial charge in [-0.05, 0) is 40.5 Å². The van der Waals surface area contributed by atoms with Crippen molar-refractivity contribution >= 4 is 17.9 Å². The summed E-state index contributed by atoms with van der Waals surface area (Å²) in [5.74, 6) is -0.0760. The van der Waals surface area contributed by atoms with Crippen LogP contribution in [0.4, 0.5) is 15.3 Å². The summed E-state index contributed by atoms with van der Waals surface area (Å²) in [6.07, 6.45) is -1.94. The van der Waals surface area contributed by atoms with Crippen LogP contribution in [0.15, 0.2) is 85.5 Å². The number of rotatable bonds is 7. The van der Waals surface area contributed by atoms with E-state index in [0.717, 1.165) is 22.3 Å². The molecule has 1 atom stereocenters. The van der Waals surface area contributed by atoms with E-state index in [4.69, 9.17) is 14.2 Å².